The molecule has 1 aliphatic heterocycles. The van der Waals surface area contributed by atoms with Gasteiger partial charge in [-0.25, -0.2) is 0 Å². The van der Waals surface area contributed by atoms with Crippen molar-refractivity contribution in [1.82, 2.24) is 4.90 Å². The van der Waals surface area contributed by atoms with E-state index in [1.54, 1.807) is 0 Å². The van der Waals surface area contributed by atoms with Crippen LogP contribution in [0.1, 0.15) is 50.5 Å². The number of halogens is 1. The first-order chi connectivity index (χ1) is 11.1. The summed E-state index contributed by atoms with van der Waals surface area (Å²) in [5.74, 6) is 0.936. The third-order valence-electron chi connectivity index (χ3n) is 5.47. The minimum atomic E-state index is 0.0686. The Morgan fingerprint density at radius 3 is 2.87 bits per heavy atom. The molecule has 1 N–H and O–H groups in total. The van der Waals surface area contributed by atoms with Gasteiger partial charge < -0.3 is 5.32 Å². The number of nitrogens with zero attached hydrogens (tertiary/aromatic N) is 1. The number of para-hydroxylation sites is 1. The molecule has 1 heterocycles. The number of carbonyl (C=O) groups excluding carboxylic acids is 1. The number of fused-ring (bicyclic) bond motifs is 1. The fourth-order valence-corrected chi connectivity index (χ4v) is 4.51. The van der Waals surface area contributed by atoms with Gasteiger partial charge in [0.2, 0.25) is 5.91 Å². The molecular formula is C19H27ClN2O. The Bertz CT molecular complexity index is 538. The summed E-state index contributed by atoms with van der Waals surface area (Å²) in [6.07, 6.45) is 8.65. The Labute approximate surface area is 144 Å². The number of piperidine rings is 1. The van der Waals surface area contributed by atoms with Gasteiger partial charge in [0, 0.05) is 19.0 Å². The van der Waals surface area contributed by atoms with Crippen LogP contribution in [0.25, 0.3) is 0 Å². The van der Waals surface area contributed by atoms with Crippen molar-refractivity contribution >= 4 is 23.2 Å². The quantitative estimate of drug-likeness (QED) is 0.870. The second kappa shape index (κ2) is 7.67. The van der Waals surface area contributed by atoms with Crippen LogP contribution >= 0.6 is 11.6 Å². The monoisotopic (exact) mass is 334 g/mol. The number of carbonyl (C=O) groups is 1. The van der Waals surface area contributed by atoms with Crippen LogP contribution in [-0.4, -0.2) is 29.9 Å². The smallest absolute Gasteiger partial charge is 0.225 e. The van der Waals surface area contributed by atoms with E-state index in [4.69, 9.17) is 11.6 Å². The van der Waals surface area contributed by atoms with Crippen molar-refractivity contribution in [2.45, 2.75) is 57.9 Å². The molecule has 2 unspecified atom stereocenters. The highest BCUT2D eigenvalue weighted by Crippen LogP contribution is 2.35. The second-order valence-electron chi connectivity index (χ2n) is 7.02. The molecule has 1 aliphatic carbocycles. The average Bonchev–Trinajstić information content (AvgIpc) is 2.56. The van der Waals surface area contributed by atoms with Gasteiger partial charge in [0.25, 0.3) is 0 Å². The van der Waals surface area contributed by atoms with E-state index >= 15 is 0 Å². The summed E-state index contributed by atoms with van der Waals surface area (Å²) in [5, 5.41) is 3.61. The van der Waals surface area contributed by atoms with E-state index in [1.165, 1.54) is 38.5 Å². The zero-order valence-electron chi connectivity index (χ0n) is 14.0. The van der Waals surface area contributed by atoms with Crippen molar-refractivity contribution in [3.05, 3.63) is 28.8 Å². The first kappa shape index (κ1) is 16.8. The summed E-state index contributed by atoms with van der Waals surface area (Å²) >= 11 is 6.19. The number of benzene rings is 1. The van der Waals surface area contributed by atoms with Gasteiger partial charge in [0.15, 0.2) is 0 Å². The molecule has 2 atom stereocenters. The number of rotatable bonds is 4. The molecule has 1 saturated carbocycles. The minimum Gasteiger partial charge on any atom is -0.325 e. The van der Waals surface area contributed by atoms with Crippen LogP contribution in [0.4, 0.5) is 5.69 Å². The lowest BCUT2D eigenvalue weighted by atomic mass is 9.78. The van der Waals surface area contributed by atoms with Gasteiger partial charge in [-0.3, -0.25) is 9.69 Å². The first-order valence-electron chi connectivity index (χ1n) is 8.94. The highest BCUT2D eigenvalue weighted by molar-refractivity contribution is 6.33. The van der Waals surface area contributed by atoms with Crippen molar-refractivity contribution in [3.63, 3.8) is 0 Å². The zero-order valence-corrected chi connectivity index (χ0v) is 14.7. The Balaban J connectivity index is 1.54. The summed E-state index contributed by atoms with van der Waals surface area (Å²) < 4.78 is 0. The molecule has 3 nitrogen and oxygen atoms in total. The van der Waals surface area contributed by atoms with Crippen molar-refractivity contribution < 1.29 is 4.79 Å². The Morgan fingerprint density at radius 2 is 2.04 bits per heavy atom. The molecule has 2 aliphatic rings. The lowest BCUT2D eigenvalue weighted by molar-refractivity contribution is -0.116. The van der Waals surface area contributed by atoms with Crippen LogP contribution in [0.15, 0.2) is 18.2 Å². The summed E-state index contributed by atoms with van der Waals surface area (Å²) in [7, 11) is 0. The number of likely N-dealkylation sites (tertiary alicyclic amines) is 1. The highest BCUT2D eigenvalue weighted by atomic mass is 35.5. The van der Waals surface area contributed by atoms with Crippen molar-refractivity contribution in [2.75, 3.05) is 18.4 Å². The number of aryl methyl sites for hydroxylation is 1. The van der Waals surface area contributed by atoms with E-state index in [2.05, 4.69) is 10.2 Å². The summed E-state index contributed by atoms with van der Waals surface area (Å²) in [6, 6.07) is 6.41. The fraction of sp³-hybridized carbons (Fsp3) is 0.632. The molecule has 1 amide bonds. The average molecular weight is 335 g/mol. The molecule has 0 radical (unpaired) electrons. The second-order valence-corrected chi connectivity index (χ2v) is 7.43. The molecule has 0 aromatic heterocycles. The summed E-state index contributed by atoms with van der Waals surface area (Å²) in [4.78, 5) is 14.9. The maximum Gasteiger partial charge on any atom is 0.225 e. The number of hydrogen-bond acceptors (Lipinski definition) is 2. The van der Waals surface area contributed by atoms with Gasteiger partial charge in [-0.1, -0.05) is 36.6 Å². The van der Waals surface area contributed by atoms with Gasteiger partial charge in [0.1, 0.15) is 0 Å². The van der Waals surface area contributed by atoms with E-state index < -0.39 is 0 Å². The number of nitrogens with one attached hydrogen (secondary N) is 1. The predicted octanol–water partition coefficient (Wildman–Crippen LogP) is 4.63. The number of anilines is 1. The summed E-state index contributed by atoms with van der Waals surface area (Å²) in [5.41, 5.74) is 1.77. The maximum absolute atomic E-state index is 12.3. The van der Waals surface area contributed by atoms with Gasteiger partial charge in [0.05, 0.1) is 10.7 Å². The number of amides is 1. The molecule has 1 aromatic rings. The molecule has 1 aromatic carbocycles. The third-order valence-corrected chi connectivity index (χ3v) is 5.79. The van der Waals surface area contributed by atoms with Gasteiger partial charge in [-0.05, 0) is 56.7 Å². The lowest BCUT2D eigenvalue weighted by Gasteiger charge is -2.44. The van der Waals surface area contributed by atoms with Crippen molar-refractivity contribution in [2.24, 2.45) is 5.92 Å². The van der Waals surface area contributed by atoms with E-state index in [1.807, 2.05) is 25.1 Å². The van der Waals surface area contributed by atoms with E-state index in [0.29, 0.717) is 17.5 Å². The Morgan fingerprint density at radius 1 is 1.26 bits per heavy atom. The normalized spacial score (nSPS) is 25.0. The molecule has 23 heavy (non-hydrogen) atoms. The third kappa shape index (κ3) is 4.07. The zero-order chi connectivity index (χ0) is 16.2. The largest absolute Gasteiger partial charge is 0.325 e. The minimum absolute atomic E-state index is 0.0686. The number of hydrogen-bond donors (Lipinski definition) is 1. The van der Waals surface area contributed by atoms with Crippen LogP contribution in [0.3, 0.4) is 0 Å². The highest BCUT2D eigenvalue weighted by Gasteiger charge is 2.32. The van der Waals surface area contributed by atoms with Crippen molar-refractivity contribution in [1.29, 1.82) is 0 Å². The van der Waals surface area contributed by atoms with Crippen molar-refractivity contribution in [3.8, 4) is 0 Å². The van der Waals surface area contributed by atoms with Gasteiger partial charge in [-0.2, -0.15) is 0 Å². The molecule has 126 valence electrons. The van der Waals surface area contributed by atoms with Crippen LogP contribution in [0.5, 0.6) is 0 Å². The first-order valence-corrected chi connectivity index (χ1v) is 9.32. The van der Waals surface area contributed by atoms with Gasteiger partial charge in [-0.15, -0.1) is 0 Å². The molecule has 3 rings (SSSR count). The van der Waals surface area contributed by atoms with Crippen LogP contribution in [-0.2, 0) is 4.79 Å². The SMILES string of the molecule is Cc1cccc(Cl)c1NC(=O)CCN1CCCC2CCCCC21. The van der Waals surface area contributed by atoms with Crippen LogP contribution in [0.2, 0.25) is 5.02 Å². The molecular weight excluding hydrogens is 308 g/mol. The fourth-order valence-electron chi connectivity index (χ4n) is 4.24. The van der Waals surface area contributed by atoms with E-state index in [9.17, 15) is 4.79 Å². The topological polar surface area (TPSA) is 32.3 Å². The molecule has 1 saturated heterocycles. The predicted molar refractivity (Wildman–Crippen MR) is 96.0 cm³/mol. The molecule has 0 bridgehead atoms. The van der Waals surface area contributed by atoms with E-state index in [-0.39, 0.29) is 5.91 Å². The Hall–Kier alpha value is -1.06. The molecule has 0 spiro atoms. The summed E-state index contributed by atoms with van der Waals surface area (Å²) in [6.45, 7) is 3.99. The van der Waals surface area contributed by atoms with Crippen LogP contribution in [0, 0.1) is 12.8 Å². The standard InChI is InChI=1S/C19H27ClN2O/c1-14-6-4-9-16(20)19(14)21-18(23)11-13-22-12-5-8-15-7-2-3-10-17(15)22/h4,6,9,15,17H,2-3,5,7-8,10-13H2,1H3,(H,21,23). The molecule has 4 heteroatoms. The maximum atomic E-state index is 12.3. The van der Waals surface area contributed by atoms with E-state index in [0.717, 1.165) is 30.3 Å². The lowest BCUT2D eigenvalue weighted by Crippen LogP contribution is -2.47. The molecule has 2 fully saturated rings. The Kier molecular flexibility index (Phi) is 5.60. The van der Waals surface area contributed by atoms with Crippen LogP contribution < -0.4 is 5.32 Å². The van der Waals surface area contributed by atoms with Gasteiger partial charge >= 0.3 is 0 Å².